The van der Waals surface area contributed by atoms with Gasteiger partial charge in [0.25, 0.3) is 0 Å². The van der Waals surface area contributed by atoms with Crippen LogP contribution >= 0.6 is 0 Å². The number of rotatable bonds is 3. The summed E-state index contributed by atoms with van der Waals surface area (Å²) in [5, 5.41) is 9.33. The van der Waals surface area contributed by atoms with Crippen LogP contribution in [0.15, 0.2) is 0 Å². The van der Waals surface area contributed by atoms with Crippen LogP contribution in [0.2, 0.25) is 0 Å². The average Bonchev–Trinajstić information content (AvgIpc) is 1.79. The minimum Gasteiger partial charge on any atom is -0.394 e. The van der Waals surface area contributed by atoms with Crippen LogP contribution in [0, 0.1) is 11.8 Å². The molecule has 2 nitrogen and oxygen atoms in total. The smallest absolute Gasteiger partial charge is 0.0616 e. The van der Waals surface area contributed by atoms with Gasteiger partial charge >= 0.3 is 0 Å². The van der Waals surface area contributed by atoms with Crippen molar-refractivity contribution in [1.82, 2.24) is 0 Å². The lowest BCUT2D eigenvalue weighted by molar-refractivity contribution is 0.0121. The first-order chi connectivity index (χ1) is 5.77. The summed E-state index contributed by atoms with van der Waals surface area (Å²) in [6.45, 7) is 0.197. The van der Waals surface area contributed by atoms with Gasteiger partial charge in [-0.15, -0.1) is 0 Å². The lowest BCUT2D eigenvalue weighted by Crippen LogP contribution is -2.60. The molecule has 0 amide bonds. The Morgan fingerprint density at radius 2 is 1.50 bits per heavy atom. The Balaban J connectivity index is 2.00. The van der Waals surface area contributed by atoms with Crippen LogP contribution < -0.4 is 5.73 Å². The Hall–Kier alpha value is -0.0800. The highest BCUT2D eigenvalue weighted by atomic mass is 16.3. The van der Waals surface area contributed by atoms with Crippen LogP contribution in [0.3, 0.4) is 0 Å². The molecule has 0 aliphatic heterocycles. The third-order valence-electron chi connectivity index (χ3n) is 4.00. The molecule has 0 aromatic carbocycles. The predicted molar refractivity (Wildman–Crippen MR) is 48.7 cm³/mol. The molecule has 2 heteroatoms. The van der Waals surface area contributed by atoms with E-state index in [0.717, 1.165) is 0 Å². The quantitative estimate of drug-likeness (QED) is 0.668. The van der Waals surface area contributed by atoms with E-state index in [4.69, 9.17) is 5.73 Å². The fourth-order valence-corrected chi connectivity index (χ4v) is 2.48. The molecule has 2 rings (SSSR count). The molecule has 0 aromatic rings. The van der Waals surface area contributed by atoms with Gasteiger partial charge < -0.3 is 10.8 Å². The van der Waals surface area contributed by atoms with Gasteiger partial charge in [0, 0.05) is 5.54 Å². The number of aliphatic hydroxyl groups excluding tert-OH is 1. The fraction of sp³-hybridized carbons (Fsp3) is 1.00. The van der Waals surface area contributed by atoms with Crippen LogP contribution in [0.5, 0.6) is 0 Å². The van der Waals surface area contributed by atoms with Gasteiger partial charge in [0.05, 0.1) is 6.61 Å². The molecular formula is C10H19NO. The predicted octanol–water partition coefficient (Wildman–Crippen LogP) is 1.28. The lowest BCUT2D eigenvalue weighted by Gasteiger charge is -2.50. The summed E-state index contributed by atoms with van der Waals surface area (Å²) in [6.07, 6.45) is 7.61. The summed E-state index contributed by atoms with van der Waals surface area (Å²) in [7, 11) is 0. The van der Waals surface area contributed by atoms with Crippen molar-refractivity contribution in [3.63, 3.8) is 0 Å². The SMILES string of the molecule is NC(CO)(C1CCC1)C1CCC1. The van der Waals surface area contributed by atoms with Crippen molar-refractivity contribution < 1.29 is 5.11 Å². The van der Waals surface area contributed by atoms with Gasteiger partial charge in [0.1, 0.15) is 0 Å². The molecule has 0 heterocycles. The highest BCUT2D eigenvalue weighted by molar-refractivity contribution is 5.02. The van der Waals surface area contributed by atoms with Gasteiger partial charge in [0.15, 0.2) is 0 Å². The largest absolute Gasteiger partial charge is 0.394 e. The van der Waals surface area contributed by atoms with E-state index in [1.165, 1.54) is 38.5 Å². The maximum absolute atomic E-state index is 9.33. The van der Waals surface area contributed by atoms with E-state index in [1.54, 1.807) is 0 Å². The molecule has 0 atom stereocenters. The first-order valence-electron chi connectivity index (χ1n) is 5.17. The third-order valence-corrected chi connectivity index (χ3v) is 4.00. The number of nitrogens with two attached hydrogens (primary N) is 1. The van der Waals surface area contributed by atoms with Gasteiger partial charge in [-0.3, -0.25) is 0 Å². The number of aliphatic hydroxyl groups is 1. The Bertz CT molecular complexity index is 147. The van der Waals surface area contributed by atoms with Gasteiger partial charge in [-0.25, -0.2) is 0 Å². The molecule has 2 aliphatic carbocycles. The molecule has 0 spiro atoms. The highest BCUT2D eigenvalue weighted by Gasteiger charge is 2.45. The Kier molecular flexibility index (Phi) is 2.13. The molecule has 2 fully saturated rings. The Morgan fingerprint density at radius 1 is 1.08 bits per heavy atom. The van der Waals surface area contributed by atoms with Crippen molar-refractivity contribution in [3.8, 4) is 0 Å². The minimum atomic E-state index is -0.212. The van der Waals surface area contributed by atoms with E-state index in [-0.39, 0.29) is 12.1 Å². The first-order valence-corrected chi connectivity index (χ1v) is 5.17. The van der Waals surface area contributed by atoms with E-state index in [9.17, 15) is 5.11 Å². The molecule has 70 valence electrons. The first kappa shape index (κ1) is 8.52. The fourth-order valence-electron chi connectivity index (χ4n) is 2.48. The minimum absolute atomic E-state index is 0.197. The van der Waals surface area contributed by atoms with Crippen molar-refractivity contribution >= 4 is 0 Å². The van der Waals surface area contributed by atoms with Crippen LogP contribution in [0.1, 0.15) is 38.5 Å². The van der Waals surface area contributed by atoms with Crippen molar-refractivity contribution in [2.75, 3.05) is 6.61 Å². The molecule has 2 saturated carbocycles. The van der Waals surface area contributed by atoms with Crippen LogP contribution in [0.4, 0.5) is 0 Å². The maximum atomic E-state index is 9.33. The van der Waals surface area contributed by atoms with Crippen LogP contribution in [-0.4, -0.2) is 17.3 Å². The third kappa shape index (κ3) is 1.09. The molecule has 0 radical (unpaired) electrons. The number of hydrogen-bond donors (Lipinski definition) is 2. The normalized spacial score (nSPS) is 26.5. The topological polar surface area (TPSA) is 46.2 Å². The van der Waals surface area contributed by atoms with E-state index in [1.807, 2.05) is 0 Å². The Morgan fingerprint density at radius 3 is 1.67 bits per heavy atom. The van der Waals surface area contributed by atoms with Crippen molar-refractivity contribution in [3.05, 3.63) is 0 Å². The van der Waals surface area contributed by atoms with E-state index in [0.29, 0.717) is 11.8 Å². The summed E-state index contributed by atoms with van der Waals surface area (Å²) in [6, 6.07) is 0. The zero-order chi connectivity index (χ0) is 8.60. The molecule has 0 unspecified atom stereocenters. The van der Waals surface area contributed by atoms with E-state index >= 15 is 0 Å². The molecular weight excluding hydrogens is 150 g/mol. The van der Waals surface area contributed by atoms with E-state index < -0.39 is 0 Å². The number of hydrogen-bond acceptors (Lipinski definition) is 2. The van der Waals surface area contributed by atoms with Crippen molar-refractivity contribution in [1.29, 1.82) is 0 Å². The lowest BCUT2D eigenvalue weighted by atomic mass is 9.60. The van der Waals surface area contributed by atoms with Gasteiger partial charge in [-0.05, 0) is 37.5 Å². The highest BCUT2D eigenvalue weighted by Crippen LogP contribution is 2.45. The summed E-state index contributed by atoms with van der Waals surface area (Å²) in [5.74, 6) is 1.24. The van der Waals surface area contributed by atoms with Crippen molar-refractivity contribution in [2.45, 2.75) is 44.1 Å². The molecule has 3 N–H and O–H groups in total. The monoisotopic (exact) mass is 169 g/mol. The van der Waals surface area contributed by atoms with Crippen LogP contribution in [-0.2, 0) is 0 Å². The summed E-state index contributed by atoms with van der Waals surface area (Å²) in [4.78, 5) is 0. The second-order valence-electron chi connectivity index (χ2n) is 4.53. The standard InChI is InChI=1S/C10H19NO/c11-10(7-12,8-3-1-4-8)9-5-2-6-9/h8-9,12H,1-7,11H2. The molecule has 0 saturated heterocycles. The second kappa shape index (κ2) is 3.00. The van der Waals surface area contributed by atoms with Crippen LogP contribution in [0.25, 0.3) is 0 Å². The van der Waals surface area contributed by atoms with Gasteiger partial charge in [-0.1, -0.05) is 12.8 Å². The second-order valence-corrected chi connectivity index (χ2v) is 4.53. The maximum Gasteiger partial charge on any atom is 0.0616 e. The molecule has 2 aliphatic rings. The summed E-state index contributed by atoms with van der Waals surface area (Å²) >= 11 is 0. The summed E-state index contributed by atoms with van der Waals surface area (Å²) in [5.41, 5.74) is 6.05. The zero-order valence-electron chi connectivity index (χ0n) is 7.63. The molecule has 12 heavy (non-hydrogen) atoms. The van der Waals surface area contributed by atoms with Crippen molar-refractivity contribution in [2.24, 2.45) is 17.6 Å². The molecule has 0 bridgehead atoms. The Labute approximate surface area is 74.1 Å². The zero-order valence-corrected chi connectivity index (χ0v) is 7.63. The van der Waals surface area contributed by atoms with Gasteiger partial charge in [-0.2, -0.15) is 0 Å². The van der Waals surface area contributed by atoms with Gasteiger partial charge in [0.2, 0.25) is 0 Å². The van der Waals surface area contributed by atoms with E-state index in [2.05, 4.69) is 0 Å². The summed E-state index contributed by atoms with van der Waals surface area (Å²) < 4.78 is 0. The molecule has 0 aromatic heterocycles. The average molecular weight is 169 g/mol.